The summed E-state index contributed by atoms with van der Waals surface area (Å²) in [6.07, 6.45) is 4.64. The van der Waals surface area contributed by atoms with Crippen LogP contribution in [0.1, 0.15) is 23.9 Å². The van der Waals surface area contributed by atoms with Gasteiger partial charge in [0.25, 0.3) is 0 Å². The van der Waals surface area contributed by atoms with Crippen molar-refractivity contribution < 1.29 is 0 Å². The summed E-state index contributed by atoms with van der Waals surface area (Å²) in [5.74, 6) is 2.12. The van der Waals surface area contributed by atoms with Gasteiger partial charge in [-0.2, -0.15) is 5.10 Å². The zero-order valence-electron chi connectivity index (χ0n) is 11.6. The molecule has 0 spiro atoms. The van der Waals surface area contributed by atoms with E-state index in [4.69, 9.17) is 5.73 Å². The van der Waals surface area contributed by atoms with Crippen LogP contribution < -0.4 is 11.1 Å². The predicted molar refractivity (Wildman–Crippen MR) is 76.0 cm³/mol. The summed E-state index contributed by atoms with van der Waals surface area (Å²) in [7, 11) is 0. The van der Waals surface area contributed by atoms with Crippen LogP contribution in [0.15, 0.2) is 12.4 Å². The van der Waals surface area contributed by atoms with E-state index in [0.29, 0.717) is 5.82 Å². The first-order valence-electron chi connectivity index (χ1n) is 6.46. The lowest BCUT2D eigenvalue weighted by Crippen LogP contribution is -2.14. The van der Waals surface area contributed by atoms with Crippen molar-refractivity contribution in [2.45, 2.75) is 33.7 Å². The Balaban J connectivity index is 2.01. The molecule has 6 nitrogen and oxygen atoms in total. The molecule has 0 aromatic carbocycles. The molecule has 0 bridgehead atoms. The highest BCUT2D eigenvalue weighted by Gasteiger charge is 2.07. The SMILES string of the molecule is CCc1nc(N)c(C)c(NCCn2cc(C)cn2)n1. The van der Waals surface area contributed by atoms with Crippen LogP contribution in [-0.2, 0) is 13.0 Å². The van der Waals surface area contributed by atoms with Gasteiger partial charge < -0.3 is 11.1 Å². The van der Waals surface area contributed by atoms with Crippen molar-refractivity contribution in [1.82, 2.24) is 19.7 Å². The Morgan fingerprint density at radius 3 is 2.74 bits per heavy atom. The molecular formula is C13H20N6. The minimum Gasteiger partial charge on any atom is -0.383 e. The molecule has 0 aliphatic heterocycles. The van der Waals surface area contributed by atoms with Gasteiger partial charge in [-0.1, -0.05) is 6.92 Å². The molecule has 2 aromatic rings. The zero-order chi connectivity index (χ0) is 13.8. The third kappa shape index (κ3) is 3.21. The second kappa shape index (κ2) is 5.69. The largest absolute Gasteiger partial charge is 0.383 e. The minimum atomic E-state index is 0.546. The van der Waals surface area contributed by atoms with Crippen molar-refractivity contribution in [3.8, 4) is 0 Å². The number of anilines is 2. The third-order valence-electron chi connectivity index (χ3n) is 2.94. The molecule has 3 N–H and O–H groups in total. The molecule has 0 radical (unpaired) electrons. The van der Waals surface area contributed by atoms with Crippen LogP contribution in [0.25, 0.3) is 0 Å². The van der Waals surface area contributed by atoms with Crippen LogP contribution in [0.5, 0.6) is 0 Å². The Kier molecular flexibility index (Phi) is 3.99. The van der Waals surface area contributed by atoms with E-state index in [1.165, 1.54) is 0 Å². The Morgan fingerprint density at radius 2 is 2.11 bits per heavy atom. The number of nitrogens with zero attached hydrogens (tertiary/aromatic N) is 4. The van der Waals surface area contributed by atoms with Gasteiger partial charge in [0.1, 0.15) is 17.5 Å². The Bertz CT molecular complexity index is 560. The fourth-order valence-electron chi connectivity index (χ4n) is 1.79. The van der Waals surface area contributed by atoms with E-state index in [0.717, 1.165) is 42.3 Å². The smallest absolute Gasteiger partial charge is 0.134 e. The van der Waals surface area contributed by atoms with Gasteiger partial charge in [-0.05, 0) is 19.4 Å². The molecule has 0 aliphatic rings. The molecule has 0 amide bonds. The van der Waals surface area contributed by atoms with Crippen molar-refractivity contribution in [3.05, 3.63) is 29.3 Å². The summed E-state index contributed by atoms with van der Waals surface area (Å²) in [5.41, 5.74) is 7.93. The summed E-state index contributed by atoms with van der Waals surface area (Å²) >= 11 is 0. The fraction of sp³-hybridized carbons (Fsp3) is 0.462. The normalized spacial score (nSPS) is 10.7. The molecule has 0 aliphatic carbocycles. The monoisotopic (exact) mass is 260 g/mol. The minimum absolute atomic E-state index is 0.546. The number of rotatable bonds is 5. The number of hydrogen-bond donors (Lipinski definition) is 2. The van der Waals surface area contributed by atoms with Crippen LogP contribution in [-0.4, -0.2) is 26.3 Å². The number of nitrogens with one attached hydrogen (secondary N) is 1. The Morgan fingerprint density at radius 1 is 1.32 bits per heavy atom. The van der Waals surface area contributed by atoms with Gasteiger partial charge in [0.15, 0.2) is 0 Å². The van der Waals surface area contributed by atoms with E-state index < -0.39 is 0 Å². The first-order valence-corrected chi connectivity index (χ1v) is 6.46. The van der Waals surface area contributed by atoms with Crippen molar-refractivity contribution >= 4 is 11.6 Å². The number of aromatic nitrogens is 4. The second-order valence-corrected chi connectivity index (χ2v) is 4.56. The van der Waals surface area contributed by atoms with Gasteiger partial charge in [-0.15, -0.1) is 0 Å². The lowest BCUT2D eigenvalue weighted by Gasteiger charge is -2.11. The van der Waals surface area contributed by atoms with Crippen LogP contribution in [0.2, 0.25) is 0 Å². The average molecular weight is 260 g/mol. The van der Waals surface area contributed by atoms with Crippen LogP contribution in [0.3, 0.4) is 0 Å². The molecule has 6 heteroatoms. The third-order valence-corrected chi connectivity index (χ3v) is 2.94. The molecule has 2 heterocycles. The van der Waals surface area contributed by atoms with Crippen molar-refractivity contribution in [1.29, 1.82) is 0 Å². The first kappa shape index (κ1) is 13.3. The number of nitrogens with two attached hydrogens (primary N) is 1. The van der Waals surface area contributed by atoms with Gasteiger partial charge in [-0.25, -0.2) is 9.97 Å². The summed E-state index contributed by atoms with van der Waals surface area (Å²) in [6.45, 7) is 7.51. The van der Waals surface area contributed by atoms with E-state index in [1.807, 2.05) is 37.8 Å². The van der Waals surface area contributed by atoms with E-state index in [9.17, 15) is 0 Å². The Labute approximate surface area is 113 Å². The van der Waals surface area contributed by atoms with E-state index >= 15 is 0 Å². The second-order valence-electron chi connectivity index (χ2n) is 4.56. The Hall–Kier alpha value is -2.11. The number of hydrogen-bond acceptors (Lipinski definition) is 5. The summed E-state index contributed by atoms with van der Waals surface area (Å²) in [4.78, 5) is 8.69. The van der Waals surface area contributed by atoms with Gasteiger partial charge in [0, 0.05) is 24.7 Å². The predicted octanol–water partition coefficient (Wildman–Crippen LogP) is 1.55. The maximum Gasteiger partial charge on any atom is 0.134 e. The van der Waals surface area contributed by atoms with Crippen molar-refractivity contribution in [2.24, 2.45) is 0 Å². The molecule has 2 rings (SSSR count). The van der Waals surface area contributed by atoms with E-state index in [2.05, 4.69) is 20.4 Å². The number of aryl methyl sites for hydroxylation is 2. The van der Waals surface area contributed by atoms with Gasteiger partial charge in [0.05, 0.1) is 12.7 Å². The van der Waals surface area contributed by atoms with E-state index in [1.54, 1.807) is 0 Å². The molecule has 0 fully saturated rings. The van der Waals surface area contributed by atoms with Crippen LogP contribution >= 0.6 is 0 Å². The fourth-order valence-corrected chi connectivity index (χ4v) is 1.79. The first-order chi connectivity index (χ1) is 9.10. The maximum atomic E-state index is 5.87. The lowest BCUT2D eigenvalue weighted by atomic mass is 10.3. The highest BCUT2D eigenvalue weighted by atomic mass is 15.3. The molecule has 0 atom stereocenters. The van der Waals surface area contributed by atoms with Crippen molar-refractivity contribution in [2.75, 3.05) is 17.6 Å². The molecule has 2 aromatic heterocycles. The van der Waals surface area contributed by atoms with Gasteiger partial charge in [0.2, 0.25) is 0 Å². The maximum absolute atomic E-state index is 5.87. The van der Waals surface area contributed by atoms with Gasteiger partial charge >= 0.3 is 0 Å². The summed E-state index contributed by atoms with van der Waals surface area (Å²) in [5, 5.41) is 7.53. The molecule has 102 valence electrons. The molecule has 0 saturated carbocycles. The average Bonchev–Trinajstić information content (AvgIpc) is 2.80. The zero-order valence-corrected chi connectivity index (χ0v) is 11.6. The van der Waals surface area contributed by atoms with Crippen LogP contribution in [0, 0.1) is 13.8 Å². The van der Waals surface area contributed by atoms with E-state index in [-0.39, 0.29) is 0 Å². The quantitative estimate of drug-likeness (QED) is 0.852. The molecule has 0 saturated heterocycles. The highest BCUT2D eigenvalue weighted by Crippen LogP contribution is 2.17. The number of nitrogen functional groups attached to an aromatic ring is 1. The summed E-state index contributed by atoms with van der Waals surface area (Å²) in [6, 6.07) is 0. The standard InChI is InChI=1S/C13H20N6/c1-4-11-17-12(14)10(3)13(18-11)15-5-6-19-8-9(2)7-16-19/h7-8H,4-6H2,1-3H3,(H3,14,15,17,18). The summed E-state index contributed by atoms with van der Waals surface area (Å²) < 4.78 is 1.91. The van der Waals surface area contributed by atoms with Gasteiger partial charge in [-0.3, -0.25) is 4.68 Å². The molecule has 0 unspecified atom stereocenters. The highest BCUT2D eigenvalue weighted by molar-refractivity contribution is 5.54. The lowest BCUT2D eigenvalue weighted by molar-refractivity contribution is 0.636. The van der Waals surface area contributed by atoms with Crippen molar-refractivity contribution in [3.63, 3.8) is 0 Å². The van der Waals surface area contributed by atoms with Crippen LogP contribution in [0.4, 0.5) is 11.6 Å². The topological polar surface area (TPSA) is 81.6 Å². The molecule has 19 heavy (non-hydrogen) atoms. The molecular weight excluding hydrogens is 240 g/mol.